The zero-order valence-electron chi connectivity index (χ0n) is 19.2. The van der Waals surface area contributed by atoms with Gasteiger partial charge in [-0.2, -0.15) is 0 Å². The average molecular weight is 491 g/mol. The highest BCUT2D eigenvalue weighted by atomic mass is 16.6. The van der Waals surface area contributed by atoms with E-state index in [-0.39, 0.29) is 32.7 Å². The maximum atomic E-state index is 11.7. The summed E-state index contributed by atoms with van der Waals surface area (Å²) in [5.74, 6) is -2.31. The van der Waals surface area contributed by atoms with Crippen LogP contribution in [0, 0.1) is 0 Å². The maximum absolute atomic E-state index is 11.7. The van der Waals surface area contributed by atoms with Gasteiger partial charge in [-0.1, -0.05) is 0 Å². The van der Waals surface area contributed by atoms with E-state index in [2.05, 4.69) is 5.32 Å². The van der Waals surface area contributed by atoms with Crippen LogP contribution in [0.5, 0.6) is 0 Å². The highest BCUT2D eigenvalue weighted by molar-refractivity contribution is 6.14. The lowest BCUT2D eigenvalue weighted by molar-refractivity contribution is -0.141. The van der Waals surface area contributed by atoms with Crippen molar-refractivity contribution in [3.63, 3.8) is 0 Å². The number of rotatable bonds is 23. The maximum Gasteiger partial charge on any atom is 0.305 e. The zero-order chi connectivity index (χ0) is 24.9. The number of carboxylic acid groups (broad SMARTS) is 1. The van der Waals surface area contributed by atoms with Gasteiger partial charge in [0.1, 0.15) is 6.54 Å². The zero-order valence-corrected chi connectivity index (χ0v) is 19.2. The Morgan fingerprint density at radius 1 is 0.676 bits per heavy atom. The first-order valence-corrected chi connectivity index (χ1v) is 11.0. The van der Waals surface area contributed by atoms with Crippen molar-refractivity contribution in [3.05, 3.63) is 12.2 Å². The van der Waals surface area contributed by atoms with E-state index in [0.29, 0.717) is 66.1 Å². The third-order valence-electron chi connectivity index (χ3n) is 4.09. The molecule has 0 bridgehead atoms. The average Bonchev–Trinajstić information content (AvgIpc) is 3.11. The van der Waals surface area contributed by atoms with Crippen molar-refractivity contribution in [1.29, 1.82) is 0 Å². The van der Waals surface area contributed by atoms with Gasteiger partial charge in [0.05, 0.1) is 85.7 Å². The normalized spacial score (nSPS) is 13.1. The molecule has 0 saturated heterocycles. The number of ether oxygens (including phenoxy) is 6. The second-order valence-electron chi connectivity index (χ2n) is 6.76. The van der Waals surface area contributed by atoms with Gasteiger partial charge in [0.2, 0.25) is 5.91 Å². The van der Waals surface area contributed by atoms with Gasteiger partial charge >= 0.3 is 5.97 Å². The van der Waals surface area contributed by atoms with Crippen molar-refractivity contribution in [3.8, 4) is 0 Å². The minimum absolute atomic E-state index is 0.0164. The first-order valence-electron chi connectivity index (χ1n) is 11.0. The van der Waals surface area contributed by atoms with Gasteiger partial charge in [-0.05, 0) is 0 Å². The Balaban J connectivity index is 1.73. The molecule has 0 saturated carbocycles. The standard InChI is InChI=1S/C21H34N2O11/c24-18(17-23-19(25)1-2-20(23)26)22-4-6-30-8-10-32-12-14-34-16-15-33-13-11-31-9-7-29-5-3-21(27)28/h1-2H,3-17H2,(H,22,24)(H,27,28). The van der Waals surface area contributed by atoms with Gasteiger partial charge < -0.3 is 38.8 Å². The number of hydrogen-bond donors (Lipinski definition) is 2. The van der Waals surface area contributed by atoms with Crippen LogP contribution in [-0.2, 0) is 47.6 Å². The quantitative estimate of drug-likeness (QED) is 0.128. The molecule has 0 spiro atoms. The molecule has 1 aliphatic heterocycles. The number of aliphatic carboxylic acids is 1. The van der Waals surface area contributed by atoms with Crippen molar-refractivity contribution >= 4 is 23.7 Å². The molecule has 194 valence electrons. The molecule has 0 atom stereocenters. The van der Waals surface area contributed by atoms with E-state index < -0.39 is 23.7 Å². The van der Waals surface area contributed by atoms with Gasteiger partial charge in [0.15, 0.2) is 0 Å². The lowest BCUT2D eigenvalue weighted by Gasteiger charge is -2.13. The van der Waals surface area contributed by atoms with Gasteiger partial charge in [-0.25, -0.2) is 0 Å². The Morgan fingerprint density at radius 2 is 1.06 bits per heavy atom. The van der Waals surface area contributed by atoms with Crippen LogP contribution >= 0.6 is 0 Å². The Hall–Kier alpha value is -2.42. The minimum atomic E-state index is -0.888. The van der Waals surface area contributed by atoms with Gasteiger partial charge in [0, 0.05) is 18.7 Å². The van der Waals surface area contributed by atoms with Crippen molar-refractivity contribution in [2.45, 2.75) is 6.42 Å². The van der Waals surface area contributed by atoms with Crippen molar-refractivity contribution in [1.82, 2.24) is 10.2 Å². The topological polar surface area (TPSA) is 159 Å². The fourth-order valence-corrected chi connectivity index (χ4v) is 2.41. The summed E-state index contributed by atoms with van der Waals surface area (Å²) in [7, 11) is 0. The van der Waals surface area contributed by atoms with Crippen LogP contribution in [0.25, 0.3) is 0 Å². The van der Waals surface area contributed by atoms with E-state index in [1.165, 1.54) is 0 Å². The van der Waals surface area contributed by atoms with Crippen molar-refractivity contribution in [2.75, 3.05) is 92.4 Å². The Kier molecular flexibility index (Phi) is 17.4. The fraction of sp³-hybridized carbons (Fsp3) is 0.714. The lowest BCUT2D eigenvalue weighted by Crippen LogP contribution is -2.41. The van der Waals surface area contributed by atoms with E-state index in [4.69, 9.17) is 33.5 Å². The molecule has 1 rings (SSSR count). The summed E-state index contributed by atoms with van der Waals surface area (Å²) in [6.45, 7) is 4.44. The van der Waals surface area contributed by atoms with E-state index in [9.17, 15) is 19.2 Å². The summed E-state index contributed by atoms with van der Waals surface area (Å²) in [5.41, 5.74) is 0. The van der Waals surface area contributed by atoms with Crippen molar-refractivity contribution < 1.29 is 52.7 Å². The Labute approximate surface area is 198 Å². The molecule has 0 aromatic carbocycles. The predicted molar refractivity (Wildman–Crippen MR) is 116 cm³/mol. The summed E-state index contributed by atoms with van der Waals surface area (Å²) >= 11 is 0. The van der Waals surface area contributed by atoms with Crippen molar-refractivity contribution in [2.24, 2.45) is 0 Å². The van der Waals surface area contributed by atoms with Gasteiger partial charge in [0.25, 0.3) is 11.8 Å². The van der Waals surface area contributed by atoms with E-state index in [0.717, 1.165) is 17.1 Å². The summed E-state index contributed by atoms with van der Waals surface area (Å²) in [5, 5.41) is 11.0. The van der Waals surface area contributed by atoms with E-state index >= 15 is 0 Å². The molecule has 0 aromatic heterocycles. The van der Waals surface area contributed by atoms with Gasteiger partial charge in [-0.15, -0.1) is 0 Å². The number of carbonyl (C=O) groups is 4. The summed E-state index contributed by atoms with van der Waals surface area (Å²) in [4.78, 5) is 45.5. The summed E-state index contributed by atoms with van der Waals surface area (Å²) in [6, 6.07) is 0. The lowest BCUT2D eigenvalue weighted by atomic mass is 10.4. The smallest absolute Gasteiger partial charge is 0.305 e. The molecule has 34 heavy (non-hydrogen) atoms. The number of imide groups is 1. The molecular weight excluding hydrogens is 456 g/mol. The minimum Gasteiger partial charge on any atom is -0.481 e. The fourth-order valence-electron chi connectivity index (χ4n) is 2.41. The monoisotopic (exact) mass is 490 g/mol. The molecule has 0 aromatic rings. The first kappa shape index (κ1) is 29.6. The molecule has 0 radical (unpaired) electrons. The van der Waals surface area contributed by atoms with Crippen LogP contribution in [0.2, 0.25) is 0 Å². The second kappa shape index (κ2) is 20.0. The molecule has 1 aliphatic rings. The van der Waals surface area contributed by atoms with E-state index in [1.54, 1.807) is 0 Å². The highest BCUT2D eigenvalue weighted by Crippen LogP contribution is 2.02. The van der Waals surface area contributed by atoms with Crippen LogP contribution in [0.3, 0.4) is 0 Å². The largest absolute Gasteiger partial charge is 0.481 e. The number of carbonyl (C=O) groups excluding carboxylic acids is 3. The van der Waals surface area contributed by atoms with E-state index in [1.807, 2.05) is 0 Å². The Morgan fingerprint density at radius 3 is 1.47 bits per heavy atom. The van der Waals surface area contributed by atoms with Crippen LogP contribution in [0.4, 0.5) is 0 Å². The Bertz CT molecular complexity index is 624. The van der Waals surface area contributed by atoms with Crippen LogP contribution in [0.1, 0.15) is 6.42 Å². The number of hydrogen-bond acceptors (Lipinski definition) is 10. The van der Waals surface area contributed by atoms with Crippen LogP contribution in [0.15, 0.2) is 12.2 Å². The molecule has 0 unspecified atom stereocenters. The first-order chi connectivity index (χ1) is 16.5. The molecule has 0 aliphatic carbocycles. The molecule has 13 heteroatoms. The second-order valence-corrected chi connectivity index (χ2v) is 6.76. The molecular formula is C21H34N2O11. The summed E-state index contributed by atoms with van der Waals surface area (Å²) < 4.78 is 31.7. The third kappa shape index (κ3) is 16.2. The molecule has 13 nitrogen and oxygen atoms in total. The SMILES string of the molecule is O=C(O)CCOCCOCCOCCOCCOCCOCCNC(=O)CN1C(=O)C=CC1=O. The third-order valence-corrected chi connectivity index (χ3v) is 4.09. The van der Waals surface area contributed by atoms with Crippen LogP contribution < -0.4 is 5.32 Å². The summed E-state index contributed by atoms with van der Waals surface area (Å²) in [6.07, 6.45) is 2.24. The number of carboxylic acids is 1. The number of nitrogens with one attached hydrogen (secondary N) is 1. The van der Waals surface area contributed by atoms with Crippen LogP contribution in [-0.4, -0.2) is 126 Å². The number of amides is 3. The number of nitrogens with zero attached hydrogens (tertiary/aromatic N) is 1. The molecule has 1 heterocycles. The highest BCUT2D eigenvalue weighted by Gasteiger charge is 2.25. The molecule has 0 fully saturated rings. The molecule has 3 amide bonds. The van der Waals surface area contributed by atoms with Gasteiger partial charge in [-0.3, -0.25) is 24.1 Å². The molecule has 2 N–H and O–H groups in total. The predicted octanol–water partition coefficient (Wildman–Crippen LogP) is -1.40.